The third kappa shape index (κ3) is 4.56. The van der Waals surface area contributed by atoms with Crippen molar-refractivity contribution in [3.05, 3.63) is 44.4 Å². The van der Waals surface area contributed by atoms with E-state index in [9.17, 15) is 18.8 Å². The van der Waals surface area contributed by atoms with Crippen molar-refractivity contribution < 1.29 is 23.9 Å². The molecule has 0 atom stereocenters. The summed E-state index contributed by atoms with van der Waals surface area (Å²) in [5, 5.41) is 14.6. The van der Waals surface area contributed by atoms with E-state index in [0.29, 0.717) is 0 Å². The average Bonchev–Trinajstić information content (AvgIpc) is 2.84. The quantitative estimate of drug-likeness (QED) is 0.717. The normalized spacial score (nSPS) is 10.6. The highest BCUT2D eigenvalue weighted by Crippen LogP contribution is 2.28. The standard InChI is InChI=1S/C14H9BrCl2FN3O4/c15-11-12(14(25)19-8-2-1-6(18)5-7(8)16)20-21(13(11)17)9(22)3-4-10(23)24/h1-2,5H,3-4H2,(H,19,25)(H,23,24). The van der Waals surface area contributed by atoms with Crippen LogP contribution in [0, 0.1) is 5.82 Å². The minimum absolute atomic E-state index is 0.0208. The van der Waals surface area contributed by atoms with Crippen molar-refractivity contribution >= 4 is 62.6 Å². The Hall–Kier alpha value is -1.97. The number of carbonyl (C=O) groups is 3. The van der Waals surface area contributed by atoms with Crippen molar-refractivity contribution in [1.29, 1.82) is 0 Å². The van der Waals surface area contributed by atoms with Crippen LogP contribution in [-0.2, 0) is 4.79 Å². The molecule has 0 unspecified atom stereocenters. The van der Waals surface area contributed by atoms with Gasteiger partial charge in [0, 0.05) is 6.42 Å². The van der Waals surface area contributed by atoms with E-state index in [4.69, 9.17) is 28.3 Å². The molecule has 0 aliphatic heterocycles. The highest BCUT2D eigenvalue weighted by atomic mass is 79.9. The summed E-state index contributed by atoms with van der Waals surface area (Å²) in [6.45, 7) is 0. The van der Waals surface area contributed by atoms with Crippen LogP contribution >= 0.6 is 39.1 Å². The molecule has 0 fully saturated rings. The Morgan fingerprint density at radius 2 is 1.96 bits per heavy atom. The molecule has 0 bridgehead atoms. The molecule has 11 heteroatoms. The summed E-state index contributed by atoms with van der Waals surface area (Å²) in [5.74, 6) is -3.15. The predicted octanol–water partition coefficient (Wildman–Crippen LogP) is 3.85. The van der Waals surface area contributed by atoms with Gasteiger partial charge in [0.2, 0.25) is 5.91 Å². The molecule has 0 spiro atoms. The van der Waals surface area contributed by atoms with Crippen LogP contribution in [0.4, 0.5) is 10.1 Å². The first-order valence-corrected chi connectivity index (χ1v) is 8.21. The maximum Gasteiger partial charge on any atom is 0.303 e. The van der Waals surface area contributed by atoms with E-state index in [0.717, 1.165) is 16.8 Å². The van der Waals surface area contributed by atoms with E-state index >= 15 is 0 Å². The molecule has 0 saturated carbocycles. The summed E-state index contributed by atoms with van der Waals surface area (Å²) in [6.07, 6.45) is -0.743. The average molecular weight is 453 g/mol. The summed E-state index contributed by atoms with van der Waals surface area (Å²) >= 11 is 14.8. The Bertz CT molecular complexity index is 872. The lowest BCUT2D eigenvalue weighted by Gasteiger charge is -2.05. The van der Waals surface area contributed by atoms with Gasteiger partial charge in [0.25, 0.3) is 5.91 Å². The second-order valence-corrected chi connectivity index (χ2v) is 6.29. The van der Waals surface area contributed by atoms with Crippen molar-refractivity contribution in [2.24, 2.45) is 0 Å². The van der Waals surface area contributed by atoms with Gasteiger partial charge in [-0.25, -0.2) is 4.39 Å². The lowest BCUT2D eigenvalue weighted by molar-refractivity contribution is -0.137. The van der Waals surface area contributed by atoms with Crippen LogP contribution in [0.1, 0.15) is 28.1 Å². The first kappa shape index (κ1) is 19.4. The number of carboxylic acid groups (broad SMARTS) is 1. The van der Waals surface area contributed by atoms with E-state index in [1.54, 1.807) is 0 Å². The van der Waals surface area contributed by atoms with Gasteiger partial charge >= 0.3 is 5.97 Å². The number of carboxylic acids is 1. The number of amides is 1. The van der Waals surface area contributed by atoms with Crippen LogP contribution < -0.4 is 5.32 Å². The molecule has 0 saturated heterocycles. The number of benzene rings is 1. The Morgan fingerprint density at radius 3 is 2.56 bits per heavy atom. The van der Waals surface area contributed by atoms with Crippen molar-refractivity contribution in [2.45, 2.75) is 12.8 Å². The van der Waals surface area contributed by atoms with Gasteiger partial charge in [-0.2, -0.15) is 9.78 Å². The molecule has 7 nitrogen and oxygen atoms in total. The molecule has 2 rings (SSSR count). The molecule has 1 aromatic heterocycles. The number of aliphatic carboxylic acids is 1. The first-order chi connectivity index (χ1) is 11.7. The maximum atomic E-state index is 13.0. The minimum atomic E-state index is -1.15. The van der Waals surface area contributed by atoms with E-state index in [-0.39, 0.29) is 32.5 Å². The van der Waals surface area contributed by atoms with Crippen LogP contribution in [0.15, 0.2) is 22.7 Å². The Kier molecular flexibility index (Phi) is 6.15. The van der Waals surface area contributed by atoms with E-state index in [1.165, 1.54) is 6.07 Å². The Balaban J connectivity index is 2.24. The predicted molar refractivity (Wildman–Crippen MR) is 91.8 cm³/mol. The van der Waals surface area contributed by atoms with Crippen molar-refractivity contribution in [2.75, 3.05) is 5.32 Å². The number of nitrogens with one attached hydrogen (secondary N) is 1. The maximum absolute atomic E-state index is 13.0. The SMILES string of the molecule is O=C(O)CCC(=O)n1nc(C(=O)Nc2ccc(F)cc2Cl)c(Br)c1Cl. The Morgan fingerprint density at radius 1 is 1.28 bits per heavy atom. The van der Waals surface area contributed by atoms with Crippen LogP contribution in [0.25, 0.3) is 0 Å². The van der Waals surface area contributed by atoms with Gasteiger partial charge in [0.15, 0.2) is 10.8 Å². The summed E-state index contributed by atoms with van der Waals surface area (Å²) in [5.41, 5.74) is -0.0723. The number of anilines is 1. The molecule has 2 aromatic rings. The van der Waals surface area contributed by atoms with Crippen molar-refractivity contribution in [1.82, 2.24) is 9.78 Å². The van der Waals surface area contributed by atoms with Crippen LogP contribution in [0.3, 0.4) is 0 Å². The van der Waals surface area contributed by atoms with Gasteiger partial charge in [-0.05, 0) is 34.1 Å². The second-order valence-electron chi connectivity index (χ2n) is 4.73. The van der Waals surface area contributed by atoms with Gasteiger partial charge in [0.05, 0.1) is 21.6 Å². The molecular weight excluding hydrogens is 444 g/mol. The fourth-order valence-corrected chi connectivity index (χ4v) is 2.64. The van der Waals surface area contributed by atoms with E-state index in [2.05, 4.69) is 26.3 Å². The highest BCUT2D eigenvalue weighted by molar-refractivity contribution is 9.10. The van der Waals surface area contributed by atoms with Crippen molar-refractivity contribution in [3.8, 4) is 0 Å². The van der Waals surface area contributed by atoms with Gasteiger partial charge in [-0.3, -0.25) is 14.4 Å². The van der Waals surface area contributed by atoms with Gasteiger partial charge in [0.1, 0.15) is 5.82 Å². The van der Waals surface area contributed by atoms with Gasteiger partial charge in [-0.15, -0.1) is 0 Å². The molecule has 132 valence electrons. The first-order valence-electron chi connectivity index (χ1n) is 6.66. The lowest BCUT2D eigenvalue weighted by atomic mass is 10.3. The highest BCUT2D eigenvalue weighted by Gasteiger charge is 2.24. The number of carbonyl (C=O) groups excluding carboxylic acids is 2. The number of hydrogen-bond acceptors (Lipinski definition) is 4. The zero-order valence-corrected chi connectivity index (χ0v) is 15.3. The molecule has 0 aliphatic rings. The zero-order valence-electron chi connectivity index (χ0n) is 12.2. The van der Waals surface area contributed by atoms with Crippen LogP contribution in [0.2, 0.25) is 10.2 Å². The fraction of sp³-hybridized carbons (Fsp3) is 0.143. The molecule has 0 aliphatic carbocycles. The third-order valence-corrected chi connectivity index (χ3v) is 4.60. The second kappa shape index (κ2) is 7.94. The molecule has 1 aromatic carbocycles. The fourth-order valence-electron chi connectivity index (χ4n) is 1.78. The molecule has 1 amide bonds. The topological polar surface area (TPSA) is 101 Å². The monoisotopic (exact) mass is 451 g/mol. The number of halogens is 4. The van der Waals surface area contributed by atoms with Crippen molar-refractivity contribution in [3.63, 3.8) is 0 Å². The molecular formula is C14H9BrCl2FN3O4. The third-order valence-electron chi connectivity index (χ3n) is 2.96. The number of aromatic nitrogens is 2. The summed E-state index contributed by atoms with van der Waals surface area (Å²) in [7, 11) is 0. The largest absolute Gasteiger partial charge is 0.481 e. The minimum Gasteiger partial charge on any atom is -0.481 e. The lowest BCUT2D eigenvalue weighted by Crippen LogP contribution is -2.17. The van der Waals surface area contributed by atoms with Gasteiger partial charge in [-0.1, -0.05) is 23.2 Å². The molecule has 0 radical (unpaired) electrons. The summed E-state index contributed by atoms with van der Waals surface area (Å²) < 4.78 is 13.8. The smallest absolute Gasteiger partial charge is 0.303 e. The van der Waals surface area contributed by atoms with Crippen LogP contribution in [-0.4, -0.2) is 32.7 Å². The molecule has 2 N–H and O–H groups in total. The van der Waals surface area contributed by atoms with E-state index < -0.39 is 30.0 Å². The molecule has 1 heterocycles. The Labute approximate surface area is 158 Å². The number of rotatable bonds is 5. The summed E-state index contributed by atoms with van der Waals surface area (Å²) in [4.78, 5) is 34.8. The van der Waals surface area contributed by atoms with Crippen LogP contribution in [0.5, 0.6) is 0 Å². The van der Waals surface area contributed by atoms with Gasteiger partial charge < -0.3 is 10.4 Å². The number of nitrogens with zero attached hydrogens (tertiary/aromatic N) is 2. The zero-order chi connectivity index (χ0) is 18.7. The molecule has 25 heavy (non-hydrogen) atoms. The summed E-state index contributed by atoms with van der Waals surface area (Å²) in [6, 6.07) is 3.39. The number of hydrogen-bond donors (Lipinski definition) is 2. The van der Waals surface area contributed by atoms with E-state index in [1.807, 2.05) is 0 Å².